The van der Waals surface area contributed by atoms with Crippen LogP contribution < -0.4 is 0 Å². The summed E-state index contributed by atoms with van der Waals surface area (Å²) < 4.78 is 10.5. The molecule has 1 aliphatic carbocycles. The molecule has 0 radical (unpaired) electrons. The third kappa shape index (κ3) is 17.7. The molecule has 1 fully saturated rings. The number of unbranched alkanes of at least 4 members (excludes halogenated alkanes) is 11. The molecule has 238 valence electrons. The summed E-state index contributed by atoms with van der Waals surface area (Å²) in [6.07, 6.45) is 17.6. The van der Waals surface area contributed by atoms with Crippen molar-refractivity contribution >= 4 is 17.7 Å². The van der Waals surface area contributed by atoms with Crippen LogP contribution in [0.5, 0.6) is 0 Å². The molecule has 0 aliphatic heterocycles. The molecule has 0 aromatic heterocycles. The molecule has 0 aromatic rings. The third-order valence-electron chi connectivity index (χ3n) is 7.95. The highest BCUT2D eigenvalue weighted by molar-refractivity contribution is 5.84. The van der Waals surface area contributed by atoms with Gasteiger partial charge in [-0.05, 0) is 25.7 Å². The maximum atomic E-state index is 12.4. The molecule has 8 heteroatoms. The summed E-state index contributed by atoms with van der Waals surface area (Å²) in [6, 6.07) is 0. The number of carbonyl (C=O) groups excluding carboxylic acids is 3. The molecular weight excluding hydrogens is 524 g/mol. The van der Waals surface area contributed by atoms with Crippen LogP contribution in [0.3, 0.4) is 0 Å². The average molecular weight is 583 g/mol. The molecule has 1 saturated carbocycles. The van der Waals surface area contributed by atoms with Gasteiger partial charge in [-0.1, -0.05) is 103 Å². The van der Waals surface area contributed by atoms with Crippen molar-refractivity contribution in [3.63, 3.8) is 0 Å². The molecule has 0 saturated heterocycles. The number of hydrogen-bond donors (Lipinski definition) is 3. The molecule has 1 aliphatic rings. The first kappa shape index (κ1) is 37.3. The summed E-state index contributed by atoms with van der Waals surface area (Å²) in [6.45, 7) is 3.77. The quantitative estimate of drug-likeness (QED) is 0.0681. The van der Waals surface area contributed by atoms with Crippen molar-refractivity contribution in [3.8, 4) is 0 Å². The lowest BCUT2D eigenvalue weighted by atomic mass is 9.88. The molecule has 0 heterocycles. The smallest absolute Gasteiger partial charge is 0.306 e. The van der Waals surface area contributed by atoms with E-state index in [0.717, 1.165) is 57.8 Å². The standard InChI is InChI=1S/C33H58O8/c1-3-5-7-8-9-10-15-19-32(38)40-25-27(24-34)41-33(39)20-16-12-11-14-18-28-29(31(37)23-30(28)36)22-21-26(35)17-13-6-4-2/h21-22,26-29,31,34-35,37H,3-20,23-25H2,1-2H3/b22-21+/t26-,27-,28+,29+,31+/m0/s1. The second kappa shape index (κ2) is 23.8. The molecule has 5 atom stereocenters. The molecule has 0 aromatic carbocycles. The molecular formula is C33H58O8. The summed E-state index contributed by atoms with van der Waals surface area (Å²) in [7, 11) is 0. The van der Waals surface area contributed by atoms with E-state index in [9.17, 15) is 29.7 Å². The van der Waals surface area contributed by atoms with Gasteiger partial charge in [-0.3, -0.25) is 14.4 Å². The zero-order valence-corrected chi connectivity index (χ0v) is 25.8. The van der Waals surface area contributed by atoms with Crippen LogP contribution in [-0.4, -0.2) is 64.6 Å². The first-order valence-corrected chi connectivity index (χ1v) is 16.3. The number of carbonyl (C=O) groups is 3. The van der Waals surface area contributed by atoms with Crippen LogP contribution in [0.25, 0.3) is 0 Å². The third-order valence-corrected chi connectivity index (χ3v) is 7.95. The van der Waals surface area contributed by atoms with E-state index < -0.39 is 30.9 Å². The van der Waals surface area contributed by atoms with Gasteiger partial charge in [0.05, 0.1) is 18.8 Å². The molecule has 0 unspecified atom stereocenters. The maximum absolute atomic E-state index is 12.4. The Morgan fingerprint density at radius 3 is 2.12 bits per heavy atom. The van der Waals surface area contributed by atoms with Crippen molar-refractivity contribution in [2.75, 3.05) is 13.2 Å². The van der Waals surface area contributed by atoms with Crippen molar-refractivity contribution in [1.82, 2.24) is 0 Å². The highest BCUT2D eigenvalue weighted by atomic mass is 16.6. The van der Waals surface area contributed by atoms with E-state index in [1.54, 1.807) is 6.08 Å². The van der Waals surface area contributed by atoms with Crippen LogP contribution in [0.1, 0.15) is 136 Å². The van der Waals surface area contributed by atoms with Gasteiger partial charge in [0.15, 0.2) is 6.10 Å². The Morgan fingerprint density at radius 2 is 1.46 bits per heavy atom. The molecule has 3 N–H and O–H groups in total. The Balaban J connectivity index is 2.20. The molecule has 0 spiro atoms. The number of ketones is 1. The summed E-state index contributed by atoms with van der Waals surface area (Å²) in [5, 5.41) is 30.0. The van der Waals surface area contributed by atoms with E-state index >= 15 is 0 Å². The maximum Gasteiger partial charge on any atom is 0.306 e. The van der Waals surface area contributed by atoms with Crippen LogP contribution in [0.15, 0.2) is 12.2 Å². The topological polar surface area (TPSA) is 130 Å². The highest BCUT2D eigenvalue weighted by Crippen LogP contribution is 2.34. The Bertz CT molecular complexity index is 737. The Morgan fingerprint density at radius 1 is 0.878 bits per heavy atom. The lowest BCUT2D eigenvalue weighted by Gasteiger charge is -2.18. The number of ether oxygens (including phenoxy) is 2. The Labute approximate surface area is 248 Å². The van der Waals surface area contributed by atoms with Crippen LogP contribution in [0.2, 0.25) is 0 Å². The summed E-state index contributed by atoms with van der Waals surface area (Å²) in [5.41, 5.74) is 0. The molecule has 41 heavy (non-hydrogen) atoms. The number of Topliss-reactive ketones (excluding diaryl/α,β-unsaturated/α-hetero) is 1. The number of esters is 2. The minimum absolute atomic E-state index is 0.0781. The van der Waals surface area contributed by atoms with Gasteiger partial charge in [0.1, 0.15) is 12.4 Å². The van der Waals surface area contributed by atoms with Crippen LogP contribution >= 0.6 is 0 Å². The van der Waals surface area contributed by atoms with Gasteiger partial charge in [-0.15, -0.1) is 0 Å². The fourth-order valence-electron chi connectivity index (χ4n) is 5.39. The van der Waals surface area contributed by atoms with E-state index in [-0.39, 0.29) is 43.0 Å². The second-order valence-corrected chi connectivity index (χ2v) is 11.7. The normalized spacial score (nSPS) is 20.4. The zero-order valence-electron chi connectivity index (χ0n) is 25.8. The average Bonchev–Trinajstić information content (AvgIpc) is 3.22. The fourth-order valence-corrected chi connectivity index (χ4v) is 5.39. The van der Waals surface area contributed by atoms with Crippen LogP contribution in [-0.2, 0) is 23.9 Å². The minimum atomic E-state index is -0.851. The van der Waals surface area contributed by atoms with Crippen LogP contribution in [0.4, 0.5) is 0 Å². The zero-order chi connectivity index (χ0) is 30.3. The van der Waals surface area contributed by atoms with E-state index in [0.29, 0.717) is 25.7 Å². The van der Waals surface area contributed by atoms with Crippen molar-refractivity contribution < 1.29 is 39.2 Å². The monoisotopic (exact) mass is 582 g/mol. The van der Waals surface area contributed by atoms with Gasteiger partial charge in [-0.25, -0.2) is 0 Å². The van der Waals surface area contributed by atoms with Gasteiger partial charge in [0.25, 0.3) is 0 Å². The van der Waals surface area contributed by atoms with Gasteiger partial charge < -0.3 is 24.8 Å². The Hall–Kier alpha value is -1.77. The van der Waals surface area contributed by atoms with Gasteiger partial charge in [0.2, 0.25) is 0 Å². The number of hydrogen-bond acceptors (Lipinski definition) is 8. The predicted molar refractivity (Wildman–Crippen MR) is 160 cm³/mol. The predicted octanol–water partition coefficient (Wildman–Crippen LogP) is 5.98. The highest BCUT2D eigenvalue weighted by Gasteiger charge is 2.39. The molecule has 8 nitrogen and oxygen atoms in total. The Kier molecular flexibility index (Phi) is 21.6. The molecule has 1 rings (SSSR count). The van der Waals surface area contributed by atoms with Crippen LogP contribution in [0, 0.1) is 11.8 Å². The molecule has 0 amide bonds. The summed E-state index contributed by atoms with van der Waals surface area (Å²) in [4.78, 5) is 36.5. The number of aliphatic hydroxyl groups is 3. The van der Waals surface area contributed by atoms with Gasteiger partial charge >= 0.3 is 11.9 Å². The van der Waals surface area contributed by atoms with Gasteiger partial charge in [0, 0.05) is 31.1 Å². The molecule has 0 bridgehead atoms. The minimum Gasteiger partial charge on any atom is -0.462 e. The first-order chi connectivity index (χ1) is 19.8. The van der Waals surface area contributed by atoms with E-state index in [2.05, 4.69) is 13.8 Å². The van der Waals surface area contributed by atoms with E-state index in [1.165, 1.54) is 25.7 Å². The largest absolute Gasteiger partial charge is 0.462 e. The fraction of sp³-hybridized carbons (Fsp3) is 0.848. The van der Waals surface area contributed by atoms with Crippen molar-refractivity contribution in [3.05, 3.63) is 12.2 Å². The first-order valence-electron chi connectivity index (χ1n) is 16.3. The van der Waals surface area contributed by atoms with E-state index in [1.807, 2.05) is 6.08 Å². The van der Waals surface area contributed by atoms with Crippen molar-refractivity contribution in [2.24, 2.45) is 11.8 Å². The van der Waals surface area contributed by atoms with Crippen molar-refractivity contribution in [2.45, 2.75) is 154 Å². The lowest BCUT2D eigenvalue weighted by molar-refractivity contribution is -0.161. The lowest BCUT2D eigenvalue weighted by Crippen LogP contribution is -2.28. The van der Waals surface area contributed by atoms with Gasteiger partial charge in [-0.2, -0.15) is 0 Å². The SMILES string of the molecule is CCCCCCCCCC(=O)OC[C@H](CO)OC(=O)CCCCCC[C@H]1C(=O)C[C@@H](O)[C@@H]1/C=C/[C@@H](O)CCCCC. The van der Waals surface area contributed by atoms with Crippen molar-refractivity contribution in [1.29, 1.82) is 0 Å². The number of rotatable bonds is 25. The summed E-state index contributed by atoms with van der Waals surface area (Å²) >= 11 is 0. The number of aliphatic hydroxyl groups excluding tert-OH is 3. The second-order valence-electron chi connectivity index (χ2n) is 11.7. The summed E-state index contributed by atoms with van der Waals surface area (Å²) in [5.74, 6) is -1.16. The van der Waals surface area contributed by atoms with E-state index in [4.69, 9.17) is 9.47 Å².